The molecule has 30 heavy (non-hydrogen) atoms. The Morgan fingerprint density at radius 1 is 1.23 bits per heavy atom. The highest BCUT2D eigenvalue weighted by molar-refractivity contribution is 5.83. The summed E-state index contributed by atoms with van der Waals surface area (Å²) in [5, 5.41) is 1.05. The number of pyridine rings is 1. The van der Waals surface area contributed by atoms with Crippen molar-refractivity contribution in [3.8, 4) is 11.6 Å². The van der Waals surface area contributed by atoms with Crippen LogP contribution in [-0.4, -0.2) is 65.9 Å². The molecule has 1 fully saturated rings. The molecule has 4 rings (SSSR count). The van der Waals surface area contributed by atoms with E-state index >= 15 is 0 Å². The molecule has 3 heterocycles. The maximum Gasteiger partial charge on any atom is 0.410 e. The minimum atomic E-state index is -0.481. The monoisotopic (exact) mass is 413 g/mol. The topological polar surface area (TPSA) is 64.1 Å². The van der Waals surface area contributed by atoms with Gasteiger partial charge in [0.05, 0.1) is 19.2 Å². The Bertz CT molecular complexity index is 954. The molecular formula is C23H31N3O4. The molecule has 1 aromatic heterocycles. The van der Waals surface area contributed by atoms with E-state index in [1.54, 1.807) is 7.11 Å². The van der Waals surface area contributed by atoms with Crippen molar-refractivity contribution in [3.63, 3.8) is 0 Å². The van der Waals surface area contributed by atoms with Crippen LogP contribution in [0.3, 0.4) is 0 Å². The van der Waals surface area contributed by atoms with Gasteiger partial charge in [0.2, 0.25) is 5.88 Å². The number of carbonyl (C=O) groups is 1. The molecule has 7 nitrogen and oxygen atoms in total. The molecule has 0 aliphatic carbocycles. The van der Waals surface area contributed by atoms with Crippen LogP contribution in [0.4, 0.5) is 4.79 Å². The van der Waals surface area contributed by atoms with Crippen molar-refractivity contribution < 1.29 is 19.0 Å². The molecule has 0 unspecified atom stereocenters. The maximum absolute atomic E-state index is 12.5. The smallest absolute Gasteiger partial charge is 0.410 e. The normalized spacial score (nSPS) is 19.9. The van der Waals surface area contributed by atoms with Crippen LogP contribution in [0, 0.1) is 6.92 Å². The fraction of sp³-hybridized carbons (Fsp3) is 0.565. The Labute approximate surface area is 177 Å². The van der Waals surface area contributed by atoms with E-state index in [1.807, 2.05) is 32.6 Å². The highest BCUT2D eigenvalue weighted by atomic mass is 16.6. The van der Waals surface area contributed by atoms with Gasteiger partial charge in [0, 0.05) is 48.7 Å². The molecule has 2 aliphatic heterocycles. The highest BCUT2D eigenvalue weighted by Crippen LogP contribution is 2.32. The zero-order valence-electron chi connectivity index (χ0n) is 18.5. The summed E-state index contributed by atoms with van der Waals surface area (Å²) >= 11 is 0. The number of aromatic nitrogens is 1. The number of amides is 1. The number of hydrogen-bond acceptors (Lipinski definition) is 6. The number of piperazine rings is 1. The van der Waals surface area contributed by atoms with Gasteiger partial charge in [-0.2, -0.15) is 0 Å². The number of ether oxygens (including phenoxy) is 3. The standard InChI is InChI=1S/C23H31N3O4/c1-15-10-16-12-20-17(11-19(16)24-21(15)28-5)13-25-7-8-26(14-18(25)6-9-29-20)22(27)30-23(2,3)4/h10-12,18H,6-9,13-14H2,1-5H3/t18-/m1/s1. The molecular weight excluding hydrogens is 382 g/mol. The second-order valence-electron chi connectivity index (χ2n) is 9.15. The van der Waals surface area contributed by atoms with Crippen molar-refractivity contribution in [2.75, 3.05) is 33.4 Å². The van der Waals surface area contributed by atoms with E-state index in [2.05, 4.69) is 28.1 Å². The maximum atomic E-state index is 12.5. The molecule has 7 heteroatoms. The molecule has 2 aromatic rings. The van der Waals surface area contributed by atoms with Crippen LogP contribution >= 0.6 is 0 Å². The largest absolute Gasteiger partial charge is 0.493 e. The van der Waals surface area contributed by atoms with Gasteiger partial charge in [-0.3, -0.25) is 4.90 Å². The van der Waals surface area contributed by atoms with Gasteiger partial charge in [-0.15, -0.1) is 0 Å². The molecule has 0 bridgehead atoms. The van der Waals surface area contributed by atoms with Crippen LogP contribution in [-0.2, 0) is 11.3 Å². The molecule has 0 radical (unpaired) electrons. The number of nitrogens with zero attached hydrogens (tertiary/aromatic N) is 3. The molecule has 1 saturated heterocycles. The SMILES string of the molecule is COc1nc2cc3c(cc2cc1C)OCC[C@@H]1CN(C(=O)OC(C)(C)C)CCN1C3. The lowest BCUT2D eigenvalue weighted by Crippen LogP contribution is -2.55. The zero-order valence-corrected chi connectivity index (χ0v) is 18.5. The Morgan fingerprint density at radius 3 is 2.77 bits per heavy atom. The molecule has 1 aromatic carbocycles. The summed E-state index contributed by atoms with van der Waals surface area (Å²) < 4.78 is 17.1. The predicted octanol–water partition coefficient (Wildman–Crippen LogP) is 3.76. The third kappa shape index (κ3) is 4.31. The summed E-state index contributed by atoms with van der Waals surface area (Å²) in [6.45, 7) is 11.2. The lowest BCUT2D eigenvalue weighted by Gasteiger charge is -2.42. The fourth-order valence-corrected chi connectivity index (χ4v) is 4.19. The third-order valence-electron chi connectivity index (χ3n) is 5.67. The summed E-state index contributed by atoms with van der Waals surface area (Å²) in [7, 11) is 1.65. The first kappa shape index (κ1) is 20.7. The first-order chi connectivity index (χ1) is 14.2. The number of carbonyl (C=O) groups excluding carboxylic acids is 1. The van der Waals surface area contributed by atoms with Gasteiger partial charge < -0.3 is 19.1 Å². The van der Waals surface area contributed by atoms with Gasteiger partial charge >= 0.3 is 6.09 Å². The second-order valence-corrected chi connectivity index (χ2v) is 9.15. The van der Waals surface area contributed by atoms with Crippen LogP contribution in [0.1, 0.15) is 38.3 Å². The van der Waals surface area contributed by atoms with E-state index < -0.39 is 5.60 Å². The lowest BCUT2D eigenvalue weighted by atomic mass is 10.0. The molecule has 1 atom stereocenters. The van der Waals surface area contributed by atoms with Crippen LogP contribution in [0.2, 0.25) is 0 Å². The van der Waals surface area contributed by atoms with Crippen LogP contribution in [0.5, 0.6) is 11.6 Å². The molecule has 162 valence electrons. The Balaban J connectivity index is 1.55. The van der Waals surface area contributed by atoms with E-state index in [0.717, 1.165) is 47.3 Å². The van der Waals surface area contributed by atoms with E-state index in [9.17, 15) is 4.79 Å². The van der Waals surface area contributed by atoms with Crippen molar-refractivity contribution in [1.29, 1.82) is 0 Å². The lowest BCUT2D eigenvalue weighted by molar-refractivity contribution is -0.00192. The Kier molecular flexibility index (Phi) is 5.49. The second kappa shape index (κ2) is 7.95. The molecule has 0 N–H and O–H groups in total. The average molecular weight is 414 g/mol. The summed E-state index contributed by atoms with van der Waals surface area (Å²) in [6.07, 6.45) is 0.639. The Hall–Kier alpha value is -2.54. The van der Waals surface area contributed by atoms with Crippen LogP contribution < -0.4 is 9.47 Å². The predicted molar refractivity (Wildman–Crippen MR) is 115 cm³/mol. The number of fused-ring (bicyclic) bond motifs is 3. The van der Waals surface area contributed by atoms with Crippen molar-refractivity contribution >= 4 is 17.0 Å². The van der Waals surface area contributed by atoms with Gasteiger partial charge in [0.15, 0.2) is 0 Å². The van der Waals surface area contributed by atoms with Gasteiger partial charge in [-0.05, 0) is 52.3 Å². The fourth-order valence-electron chi connectivity index (χ4n) is 4.19. The van der Waals surface area contributed by atoms with Gasteiger partial charge in [-0.1, -0.05) is 0 Å². The molecule has 1 amide bonds. The first-order valence-electron chi connectivity index (χ1n) is 10.6. The Morgan fingerprint density at radius 2 is 2.03 bits per heavy atom. The minimum absolute atomic E-state index is 0.233. The van der Waals surface area contributed by atoms with E-state index in [0.29, 0.717) is 25.6 Å². The third-order valence-corrected chi connectivity index (χ3v) is 5.67. The van der Waals surface area contributed by atoms with Crippen molar-refractivity contribution in [2.24, 2.45) is 0 Å². The average Bonchev–Trinajstić information content (AvgIpc) is 2.66. The van der Waals surface area contributed by atoms with Gasteiger partial charge in [-0.25, -0.2) is 9.78 Å². The van der Waals surface area contributed by atoms with Crippen LogP contribution in [0.15, 0.2) is 18.2 Å². The summed E-state index contributed by atoms with van der Waals surface area (Å²) in [4.78, 5) is 21.4. The van der Waals surface area contributed by atoms with Crippen molar-refractivity contribution in [1.82, 2.24) is 14.8 Å². The quantitative estimate of drug-likeness (QED) is 0.709. The summed E-state index contributed by atoms with van der Waals surface area (Å²) in [5.74, 6) is 1.57. The van der Waals surface area contributed by atoms with E-state index in [4.69, 9.17) is 14.2 Å². The minimum Gasteiger partial charge on any atom is -0.493 e. The number of aryl methyl sites for hydroxylation is 1. The highest BCUT2D eigenvalue weighted by Gasteiger charge is 2.33. The van der Waals surface area contributed by atoms with E-state index in [1.165, 1.54) is 0 Å². The summed E-state index contributed by atoms with van der Waals surface area (Å²) in [6, 6.07) is 6.53. The molecule has 2 aliphatic rings. The van der Waals surface area contributed by atoms with Crippen molar-refractivity contribution in [3.05, 3.63) is 29.3 Å². The van der Waals surface area contributed by atoms with Crippen molar-refractivity contribution in [2.45, 2.75) is 52.3 Å². The number of methoxy groups -OCH3 is 1. The molecule has 0 saturated carbocycles. The van der Waals surface area contributed by atoms with E-state index in [-0.39, 0.29) is 12.1 Å². The van der Waals surface area contributed by atoms with Gasteiger partial charge in [0.1, 0.15) is 11.4 Å². The van der Waals surface area contributed by atoms with Gasteiger partial charge in [0.25, 0.3) is 0 Å². The number of benzene rings is 1. The number of hydrogen-bond donors (Lipinski definition) is 0. The van der Waals surface area contributed by atoms with Crippen LogP contribution in [0.25, 0.3) is 10.9 Å². The number of rotatable bonds is 1. The summed E-state index contributed by atoms with van der Waals surface area (Å²) in [5.41, 5.74) is 2.56. The zero-order chi connectivity index (χ0) is 21.5. The first-order valence-corrected chi connectivity index (χ1v) is 10.6. The molecule has 0 spiro atoms.